The average molecular weight is 487 g/mol. The van der Waals surface area contributed by atoms with Crippen molar-refractivity contribution in [2.75, 3.05) is 24.3 Å². The lowest BCUT2D eigenvalue weighted by Crippen LogP contribution is -2.35. The number of thiazole rings is 1. The molecule has 174 valence electrons. The third-order valence-corrected chi connectivity index (χ3v) is 7.78. The maximum atomic E-state index is 13.0. The van der Waals surface area contributed by atoms with Crippen molar-refractivity contribution < 1.29 is 18.5 Å². The molecule has 1 aliphatic carbocycles. The summed E-state index contributed by atoms with van der Waals surface area (Å²) in [5, 5.41) is 5.46. The molecule has 0 radical (unpaired) electrons. The molecule has 0 spiro atoms. The van der Waals surface area contributed by atoms with Gasteiger partial charge in [-0.05, 0) is 56.5 Å². The molecule has 10 heteroatoms. The van der Waals surface area contributed by atoms with Crippen molar-refractivity contribution in [3.05, 3.63) is 47.6 Å². The second-order valence-corrected chi connectivity index (χ2v) is 10.6. The lowest BCUT2D eigenvalue weighted by Gasteiger charge is -2.21. The van der Waals surface area contributed by atoms with Crippen molar-refractivity contribution in [2.45, 2.75) is 37.4 Å². The number of hydrogen-bond donors (Lipinski definition) is 2. The van der Waals surface area contributed by atoms with Crippen molar-refractivity contribution in [3.8, 4) is 22.6 Å². The number of hydrogen-bond acceptors (Lipinski definition) is 7. The zero-order chi connectivity index (χ0) is 23.6. The van der Waals surface area contributed by atoms with Gasteiger partial charge in [-0.1, -0.05) is 0 Å². The number of rotatable bonds is 9. The number of nitrogens with one attached hydrogen (secondary N) is 2. The summed E-state index contributed by atoms with van der Waals surface area (Å²) in [6.07, 6.45) is 3.64. The fourth-order valence-electron chi connectivity index (χ4n) is 3.06. The van der Waals surface area contributed by atoms with Crippen LogP contribution in [0.2, 0.25) is 0 Å². The molecule has 4 rings (SSSR count). The fraction of sp³-hybridized carbons (Fsp3) is 0.348. The summed E-state index contributed by atoms with van der Waals surface area (Å²) in [5.41, 5.74) is 1.48. The van der Waals surface area contributed by atoms with Gasteiger partial charge in [0.15, 0.2) is 5.13 Å². The molecule has 1 saturated carbocycles. The third kappa shape index (κ3) is 5.33. The van der Waals surface area contributed by atoms with Gasteiger partial charge < -0.3 is 14.8 Å². The Morgan fingerprint density at radius 3 is 2.39 bits per heavy atom. The first kappa shape index (κ1) is 23.2. The van der Waals surface area contributed by atoms with Crippen LogP contribution in [0.3, 0.4) is 0 Å². The number of carbonyl (C=O) groups excluding carboxylic acids is 1. The van der Waals surface area contributed by atoms with E-state index in [1.54, 1.807) is 46.4 Å². The van der Waals surface area contributed by atoms with Crippen LogP contribution in [0, 0.1) is 0 Å². The molecule has 2 N–H and O–H groups in total. The normalized spacial score (nSPS) is 14.4. The van der Waals surface area contributed by atoms with E-state index in [1.165, 1.54) is 11.3 Å². The zero-order valence-electron chi connectivity index (χ0n) is 18.9. The number of carbonyl (C=O) groups is 1. The summed E-state index contributed by atoms with van der Waals surface area (Å²) in [6.45, 7) is 3.60. The van der Waals surface area contributed by atoms with Crippen LogP contribution < -0.4 is 19.5 Å². The van der Waals surface area contributed by atoms with E-state index in [-0.39, 0.29) is 11.2 Å². The maximum Gasteiger partial charge on any atom is 0.237 e. The molecule has 8 nitrogen and oxygen atoms in total. The Labute approximate surface area is 199 Å². The van der Waals surface area contributed by atoms with Crippen molar-refractivity contribution in [1.82, 2.24) is 9.97 Å². The predicted octanol–water partition coefficient (Wildman–Crippen LogP) is 4.38. The first-order valence-corrected chi connectivity index (χ1v) is 12.5. The van der Waals surface area contributed by atoms with E-state index < -0.39 is 16.4 Å². The summed E-state index contributed by atoms with van der Waals surface area (Å²) in [5.74, 6) is 1.57. The standard InChI is InChI=1S/C23H26N4O4S2/c1-23(2,19-13-32-22(25-19)27-33(29)18-6-7-18)21(28)26-20-8-5-14(12-24-20)15-9-16(30-3)11-17(10-15)31-4/h5,8-13,18H,6-7H2,1-4H3,(H,25,27)(H,24,26,28). The smallest absolute Gasteiger partial charge is 0.237 e. The number of benzene rings is 1. The summed E-state index contributed by atoms with van der Waals surface area (Å²) >= 11 is 1.35. The molecular weight excluding hydrogens is 460 g/mol. The van der Waals surface area contributed by atoms with Crippen LogP contribution in [0.25, 0.3) is 11.1 Å². The second-order valence-electron chi connectivity index (χ2n) is 8.25. The molecule has 2 aromatic heterocycles. The summed E-state index contributed by atoms with van der Waals surface area (Å²) in [4.78, 5) is 21.9. The van der Waals surface area contributed by atoms with Crippen molar-refractivity contribution >= 4 is 39.2 Å². The van der Waals surface area contributed by atoms with Crippen LogP contribution >= 0.6 is 11.3 Å². The van der Waals surface area contributed by atoms with Gasteiger partial charge in [0.1, 0.15) is 28.3 Å². The highest BCUT2D eigenvalue weighted by Gasteiger charge is 2.34. The van der Waals surface area contributed by atoms with E-state index in [2.05, 4.69) is 20.0 Å². The first-order chi connectivity index (χ1) is 15.8. The van der Waals surface area contributed by atoms with E-state index >= 15 is 0 Å². The minimum Gasteiger partial charge on any atom is -0.497 e. The Morgan fingerprint density at radius 2 is 1.82 bits per heavy atom. The van der Waals surface area contributed by atoms with Crippen LogP contribution in [0.1, 0.15) is 32.4 Å². The van der Waals surface area contributed by atoms with Crippen molar-refractivity contribution in [1.29, 1.82) is 0 Å². The van der Waals surface area contributed by atoms with Gasteiger partial charge in [-0.15, -0.1) is 11.3 Å². The van der Waals surface area contributed by atoms with Crippen molar-refractivity contribution in [3.63, 3.8) is 0 Å². The summed E-state index contributed by atoms with van der Waals surface area (Å²) < 4.78 is 25.7. The Morgan fingerprint density at radius 1 is 1.12 bits per heavy atom. The molecular formula is C23H26N4O4S2. The van der Waals surface area contributed by atoms with Gasteiger partial charge in [-0.25, -0.2) is 14.2 Å². The molecule has 0 bridgehead atoms. The first-order valence-electron chi connectivity index (χ1n) is 10.4. The maximum absolute atomic E-state index is 13.0. The Kier molecular flexibility index (Phi) is 6.66. The number of pyridine rings is 1. The highest BCUT2D eigenvalue weighted by molar-refractivity contribution is 7.87. The number of nitrogens with zero attached hydrogens (tertiary/aromatic N) is 2. The highest BCUT2D eigenvalue weighted by atomic mass is 32.2. The van der Waals surface area contributed by atoms with E-state index in [1.807, 2.05) is 23.6 Å². The number of amides is 1. The number of methoxy groups -OCH3 is 2. The number of aromatic nitrogens is 2. The number of ether oxygens (including phenoxy) is 2. The Hall–Kier alpha value is -2.98. The third-order valence-electron chi connectivity index (χ3n) is 5.42. The Balaban J connectivity index is 1.45. The molecule has 3 aromatic rings. The van der Waals surface area contributed by atoms with Crippen LogP contribution in [-0.4, -0.2) is 39.6 Å². The van der Waals surface area contributed by atoms with Gasteiger partial charge in [-0.3, -0.25) is 9.52 Å². The molecule has 1 aliphatic rings. The van der Waals surface area contributed by atoms with Crippen LogP contribution in [0.4, 0.5) is 10.9 Å². The fourth-order valence-corrected chi connectivity index (χ4v) is 5.17. The van der Waals surface area contributed by atoms with Gasteiger partial charge in [0.25, 0.3) is 0 Å². The molecule has 0 saturated heterocycles. The van der Waals surface area contributed by atoms with E-state index in [9.17, 15) is 9.00 Å². The average Bonchev–Trinajstić information content (AvgIpc) is 3.57. The molecule has 33 heavy (non-hydrogen) atoms. The van der Waals surface area contributed by atoms with Gasteiger partial charge >= 0.3 is 0 Å². The van der Waals surface area contributed by atoms with Crippen molar-refractivity contribution in [2.24, 2.45) is 0 Å². The van der Waals surface area contributed by atoms with E-state index in [4.69, 9.17) is 9.47 Å². The molecule has 0 aliphatic heterocycles. The van der Waals surface area contributed by atoms with Gasteiger partial charge in [-0.2, -0.15) is 0 Å². The molecule has 1 fully saturated rings. The molecule has 1 amide bonds. The molecule has 1 aromatic carbocycles. The van der Waals surface area contributed by atoms with Gasteiger partial charge in [0.2, 0.25) is 5.91 Å². The van der Waals surface area contributed by atoms with E-state index in [0.29, 0.717) is 28.1 Å². The quantitative estimate of drug-likeness (QED) is 0.465. The molecule has 1 unspecified atom stereocenters. The van der Waals surface area contributed by atoms with Crippen LogP contribution in [0.5, 0.6) is 11.5 Å². The largest absolute Gasteiger partial charge is 0.497 e. The summed E-state index contributed by atoms with van der Waals surface area (Å²) in [6, 6.07) is 9.22. The zero-order valence-corrected chi connectivity index (χ0v) is 20.5. The minimum absolute atomic E-state index is 0.209. The highest BCUT2D eigenvalue weighted by Crippen LogP contribution is 2.32. The second kappa shape index (κ2) is 9.48. The van der Waals surface area contributed by atoms with Crippen LogP contribution in [-0.2, 0) is 21.2 Å². The SMILES string of the molecule is COc1cc(OC)cc(-c2ccc(NC(=O)C(C)(C)c3csc(NS(=O)C4CC4)n3)nc2)c1. The topological polar surface area (TPSA) is 102 Å². The monoisotopic (exact) mass is 486 g/mol. The summed E-state index contributed by atoms with van der Waals surface area (Å²) in [7, 11) is 2.09. The lowest BCUT2D eigenvalue weighted by molar-refractivity contribution is -0.120. The molecule has 2 heterocycles. The van der Waals surface area contributed by atoms with Gasteiger partial charge in [0, 0.05) is 23.2 Å². The Bertz CT molecular complexity index is 1150. The lowest BCUT2D eigenvalue weighted by atomic mass is 9.89. The number of anilines is 2. The molecule has 1 atom stereocenters. The van der Waals surface area contributed by atoms with E-state index in [0.717, 1.165) is 24.0 Å². The van der Waals surface area contributed by atoms with Crippen LogP contribution in [0.15, 0.2) is 41.9 Å². The van der Waals surface area contributed by atoms with Gasteiger partial charge in [0.05, 0.1) is 30.6 Å². The minimum atomic E-state index is -1.12. The predicted molar refractivity (Wildman–Crippen MR) is 131 cm³/mol.